The summed E-state index contributed by atoms with van der Waals surface area (Å²) in [5, 5.41) is 14.4. The van der Waals surface area contributed by atoms with Crippen LogP contribution in [0.3, 0.4) is 0 Å². The Bertz CT molecular complexity index is 664. The van der Waals surface area contributed by atoms with Crippen LogP contribution < -0.4 is 10.1 Å². The first-order chi connectivity index (χ1) is 9.51. The van der Waals surface area contributed by atoms with E-state index >= 15 is 0 Å². The number of rotatable bonds is 4. The quantitative estimate of drug-likeness (QED) is 0.459. The van der Waals surface area contributed by atoms with Crippen LogP contribution in [0.15, 0.2) is 36.4 Å². The topological polar surface area (TPSA) is 64.4 Å². The second kappa shape index (κ2) is 6.27. The molecule has 0 saturated carbocycles. The average Bonchev–Trinajstić information content (AvgIpc) is 2.41. The van der Waals surface area contributed by atoms with Crippen LogP contribution in [0.5, 0.6) is 5.75 Å². The number of nitrogens with zero attached hydrogens (tertiary/aromatic N) is 1. The highest BCUT2D eigenvalue weighted by Crippen LogP contribution is 2.31. The van der Waals surface area contributed by atoms with Gasteiger partial charge in [-0.25, -0.2) is 0 Å². The van der Waals surface area contributed by atoms with Crippen LogP contribution in [0, 0.1) is 13.7 Å². The lowest BCUT2D eigenvalue weighted by atomic mass is 10.2. The van der Waals surface area contributed by atoms with Gasteiger partial charge < -0.3 is 10.1 Å². The maximum Gasteiger partial charge on any atom is 0.282 e. The van der Waals surface area contributed by atoms with Crippen molar-refractivity contribution in [1.29, 1.82) is 0 Å². The third-order valence-electron chi connectivity index (χ3n) is 2.60. The Morgan fingerprint density at radius 3 is 2.65 bits per heavy atom. The average molecular weight is 405 g/mol. The van der Waals surface area contributed by atoms with E-state index in [1.807, 2.05) is 22.6 Å². The number of benzene rings is 2. The van der Waals surface area contributed by atoms with Crippen molar-refractivity contribution in [2.75, 3.05) is 12.4 Å². The normalized spacial score (nSPS) is 10.2. The van der Waals surface area contributed by atoms with Crippen molar-refractivity contribution in [3.8, 4) is 5.75 Å². The van der Waals surface area contributed by atoms with Gasteiger partial charge in [0.25, 0.3) is 5.69 Å². The summed E-state index contributed by atoms with van der Waals surface area (Å²) in [7, 11) is 1.57. The fourth-order valence-corrected chi connectivity index (χ4v) is 2.49. The Morgan fingerprint density at radius 2 is 2.05 bits per heavy atom. The standard InChI is InChI=1S/C13H10ClIN2O3/c1-20-9-3-4-10(14)12(7-9)16-8-2-5-13(17(18)19)11(15)6-8/h2-7,16H,1H3. The molecule has 0 atom stereocenters. The molecule has 20 heavy (non-hydrogen) atoms. The molecule has 1 N–H and O–H groups in total. The van der Waals surface area contributed by atoms with Gasteiger partial charge in [-0.3, -0.25) is 10.1 Å². The molecular weight excluding hydrogens is 395 g/mol. The second-order valence-electron chi connectivity index (χ2n) is 3.89. The van der Waals surface area contributed by atoms with Crippen LogP contribution in [0.25, 0.3) is 0 Å². The minimum absolute atomic E-state index is 0.0767. The van der Waals surface area contributed by atoms with E-state index in [4.69, 9.17) is 16.3 Å². The molecule has 0 aliphatic rings. The predicted molar refractivity (Wildman–Crippen MR) is 87.1 cm³/mol. The lowest BCUT2D eigenvalue weighted by molar-refractivity contribution is -0.385. The number of methoxy groups -OCH3 is 1. The molecule has 2 aromatic carbocycles. The van der Waals surface area contributed by atoms with Crippen LogP contribution in [-0.4, -0.2) is 12.0 Å². The molecule has 0 radical (unpaired) electrons. The first kappa shape index (κ1) is 14.9. The maximum atomic E-state index is 10.8. The first-order valence-electron chi connectivity index (χ1n) is 5.56. The van der Waals surface area contributed by atoms with Crippen molar-refractivity contribution >= 4 is 51.3 Å². The molecule has 0 fully saturated rings. The molecule has 104 valence electrons. The zero-order valence-electron chi connectivity index (χ0n) is 10.4. The van der Waals surface area contributed by atoms with Crippen molar-refractivity contribution < 1.29 is 9.66 Å². The maximum absolute atomic E-state index is 10.8. The molecular formula is C13H10ClIN2O3. The summed E-state index contributed by atoms with van der Waals surface area (Å²) >= 11 is 8.02. The molecule has 0 saturated heterocycles. The number of hydrogen-bond donors (Lipinski definition) is 1. The SMILES string of the molecule is COc1ccc(Cl)c(Nc2ccc([N+](=O)[O-])c(I)c2)c1. The van der Waals surface area contributed by atoms with Crippen LogP contribution in [0.1, 0.15) is 0 Å². The Hall–Kier alpha value is -1.54. The van der Waals surface area contributed by atoms with Gasteiger partial charge in [-0.15, -0.1) is 0 Å². The van der Waals surface area contributed by atoms with Crippen LogP contribution in [0.2, 0.25) is 5.02 Å². The molecule has 2 rings (SSSR count). The summed E-state index contributed by atoms with van der Waals surface area (Å²) in [6.07, 6.45) is 0. The highest BCUT2D eigenvalue weighted by atomic mass is 127. The van der Waals surface area contributed by atoms with E-state index < -0.39 is 4.92 Å². The molecule has 0 spiro atoms. The van der Waals surface area contributed by atoms with E-state index in [1.54, 1.807) is 37.4 Å². The molecule has 2 aromatic rings. The van der Waals surface area contributed by atoms with Crippen LogP contribution in [0.4, 0.5) is 17.1 Å². The Balaban J connectivity index is 2.30. The van der Waals surface area contributed by atoms with Gasteiger partial charge in [-0.1, -0.05) is 11.6 Å². The largest absolute Gasteiger partial charge is 0.497 e. The lowest BCUT2D eigenvalue weighted by Crippen LogP contribution is -1.96. The van der Waals surface area contributed by atoms with Crippen molar-refractivity contribution in [3.05, 3.63) is 55.1 Å². The van der Waals surface area contributed by atoms with Gasteiger partial charge in [-0.05, 0) is 46.9 Å². The number of hydrogen-bond acceptors (Lipinski definition) is 4. The molecule has 7 heteroatoms. The van der Waals surface area contributed by atoms with E-state index in [1.165, 1.54) is 6.07 Å². The molecule has 0 amide bonds. The van der Waals surface area contributed by atoms with Gasteiger partial charge in [-0.2, -0.15) is 0 Å². The van der Waals surface area contributed by atoms with Crippen molar-refractivity contribution in [1.82, 2.24) is 0 Å². The second-order valence-corrected chi connectivity index (χ2v) is 5.46. The number of anilines is 2. The van der Waals surface area contributed by atoms with Crippen LogP contribution in [-0.2, 0) is 0 Å². The number of nitro benzene ring substituents is 1. The van der Waals surface area contributed by atoms with Gasteiger partial charge in [0.1, 0.15) is 5.75 Å². The first-order valence-corrected chi connectivity index (χ1v) is 7.01. The Morgan fingerprint density at radius 1 is 1.30 bits per heavy atom. The van der Waals surface area contributed by atoms with Crippen molar-refractivity contribution in [2.24, 2.45) is 0 Å². The third kappa shape index (κ3) is 3.31. The summed E-state index contributed by atoms with van der Waals surface area (Å²) < 4.78 is 5.68. The number of ether oxygens (including phenoxy) is 1. The molecule has 0 heterocycles. The lowest BCUT2D eigenvalue weighted by Gasteiger charge is -2.10. The van der Waals surface area contributed by atoms with Gasteiger partial charge in [0, 0.05) is 17.8 Å². The number of nitrogens with one attached hydrogen (secondary N) is 1. The van der Waals surface area contributed by atoms with Crippen LogP contribution >= 0.6 is 34.2 Å². The third-order valence-corrected chi connectivity index (χ3v) is 3.79. The molecule has 0 aromatic heterocycles. The molecule has 0 aliphatic heterocycles. The van der Waals surface area contributed by atoms with E-state index in [0.717, 1.165) is 5.69 Å². The van der Waals surface area contributed by atoms with Gasteiger partial charge in [0.2, 0.25) is 0 Å². The summed E-state index contributed by atoms with van der Waals surface area (Å²) in [5.41, 5.74) is 1.47. The summed E-state index contributed by atoms with van der Waals surface area (Å²) in [5.74, 6) is 0.675. The van der Waals surface area contributed by atoms with Crippen molar-refractivity contribution in [3.63, 3.8) is 0 Å². The zero-order chi connectivity index (χ0) is 14.7. The van der Waals surface area contributed by atoms with E-state index in [9.17, 15) is 10.1 Å². The highest BCUT2D eigenvalue weighted by Gasteiger charge is 2.12. The molecule has 0 bridgehead atoms. The Labute approximate surface area is 134 Å². The smallest absolute Gasteiger partial charge is 0.282 e. The fourth-order valence-electron chi connectivity index (χ4n) is 1.62. The van der Waals surface area contributed by atoms with Gasteiger partial charge in [0.05, 0.1) is 26.3 Å². The predicted octanol–water partition coefficient (Wildman–Crippen LogP) is 4.61. The van der Waals surface area contributed by atoms with E-state index in [0.29, 0.717) is 20.0 Å². The zero-order valence-corrected chi connectivity index (χ0v) is 13.3. The summed E-state index contributed by atoms with van der Waals surface area (Å²) in [6, 6.07) is 10.0. The van der Waals surface area contributed by atoms with Gasteiger partial charge >= 0.3 is 0 Å². The van der Waals surface area contributed by atoms with E-state index in [2.05, 4.69) is 5.32 Å². The number of halogens is 2. The van der Waals surface area contributed by atoms with Crippen molar-refractivity contribution in [2.45, 2.75) is 0 Å². The summed E-state index contributed by atoms with van der Waals surface area (Å²) in [6.45, 7) is 0. The van der Waals surface area contributed by atoms with Gasteiger partial charge in [0.15, 0.2) is 0 Å². The number of nitro groups is 1. The van der Waals surface area contributed by atoms with E-state index in [-0.39, 0.29) is 5.69 Å². The minimum Gasteiger partial charge on any atom is -0.497 e. The monoisotopic (exact) mass is 404 g/mol. The summed E-state index contributed by atoms with van der Waals surface area (Å²) in [4.78, 5) is 10.4. The minimum atomic E-state index is -0.413. The fraction of sp³-hybridized carbons (Fsp3) is 0.0769. The molecule has 5 nitrogen and oxygen atoms in total. The Kier molecular flexibility index (Phi) is 4.66. The molecule has 0 aliphatic carbocycles. The highest BCUT2D eigenvalue weighted by molar-refractivity contribution is 14.1. The molecule has 0 unspecified atom stereocenters.